The second-order valence-corrected chi connectivity index (χ2v) is 8.33. The molecule has 24 heavy (non-hydrogen) atoms. The summed E-state index contributed by atoms with van der Waals surface area (Å²) in [4.78, 5) is 11.8. The fourth-order valence-electron chi connectivity index (χ4n) is 4.66. The van der Waals surface area contributed by atoms with E-state index in [1.807, 2.05) is 0 Å². The lowest BCUT2D eigenvalue weighted by atomic mass is 9.70. The number of hydrogen-bond donors (Lipinski definition) is 1. The molecule has 0 heterocycles. The normalized spacial score (nSPS) is 32.3. The maximum absolute atomic E-state index is 11.8. The molecule has 0 saturated heterocycles. The zero-order valence-corrected chi connectivity index (χ0v) is 15.8. The van der Waals surface area contributed by atoms with Gasteiger partial charge < -0.3 is 9.84 Å². The van der Waals surface area contributed by atoms with Gasteiger partial charge in [-0.2, -0.15) is 0 Å². The van der Waals surface area contributed by atoms with Crippen LogP contribution in [0.25, 0.3) is 0 Å². The van der Waals surface area contributed by atoms with Crippen LogP contribution in [0.5, 0.6) is 0 Å². The van der Waals surface area contributed by atoms with Crippen LogP contribution in [-0.2, 0) is 9.53 Å². The number of esters is 1. The van der Waals surface area contributed by atoms with Gasteiger partial charge in [0.05, 0.1) is 12.5 Å². The Hall–Kier alpha value is -0.570. The fourth-order valence-corrected chi connectivity index (χ4v) is 4.66. The van der Waals surface area contributed by atoms with Gasteiger partial charge in [-0.25, -0.2) is 0 Å². The van der Waals surface area contributed by atoms with Crippen molar-refractivity contribution in [3.63, 3.8) is 0 Å². The van der Waals surface area contributed by atoms with E-state index in [-0.39, 0.29) is 24.6 Å². The fraction of sp³-hybridized carbons (Fsp3) is 0.952. The molecule has 0 radical (unpaired) electrons. The van der Waals surface area contributed by atoms with Crippen LogP contribution >= 0.6 is 0 Å². The molecular weight excluding hydrogens is 300 g/mol. The average molecular weight is 339 g/mol. The minimum Gasteiger partial charge on any atom is -0.462 e. The third kappa shape index (κ3) is 6.06. The zero-order valence-electron chi connectivity index (χ0n) is 15.8. The van der Waals surface area contributed by atoms with Gasteiger partial charge in [-0.05, 0) is 63.2 Å². The standard InChI is InChI=1S/C21H38O3/c1-3-4-5-6-17-7-9-18(10-8-17)19-11-13-20(14-12-19)24-21(23)16(2)15-22/h16-20,22H,3-15H2,1-2H3. The summed E-state index contributed by atoms with van der Waals surface area (Å²) < 4.78 is 5.55. The molecule has 2 aliphatic rings. The second kappa shape index (κ2) is 10.4. The third-order valence-corrected chi connectivity index (χ3v) is 6.45. The van der Waals surface area contributed by atoms with Gasteiger partial charge in [0, 0.05) is 0 Å². The number of hydrogen-bond acceptors (Lipinski definition) is 3. The lowest BCUT2D eigenvalue weighted by molar-refractivity contribution is -0.156. The number of ether oxygens (including phenoxy) is 1. The first-order valence-corrected chi connectivity index (χ1v) is 10.4. The number of carbonyl (C=O) groups excluding carboxylic acids is 1. The molecular formula is C21H38O3. The summed E-state index contributed by atoms with van der Waals surface area (Å²) in [5, 5.41) is 9.04. The Kier molecular flexibility index (Phi) is 8.58. The van der Waals surface area contributed by atoms with Crippen LogP contribution in [0.15, 0.2) is 0 Å². The van der Waals surface area contributed by atoms with Crippen molar-refractivity contribution in [2.24, 2.45) is 23.7 Å². The molecule has 3 heteroatoms. The summed E-state index contributed by atoms with van der Waals surface area (Å²) >= 11 is 0. The van der Waals surface area contributed by atoms with Gasteiger partial charge in [0.25, 0.3) is 0 Å². The van der Waals surface area contributed by atoms with E-state index in [9.17, 15) is 4.79 Å². The molecule has 0 amide bonds. The largest absolute Gasteiger partial charge is 0.462 e. The monoisotopic (exact) mass is 338 g/mol. The average Bonchev–Trinajstić information content (AvgIpc) is 2.62. The van der Waals surface area contributed by atoms with Crippen molar-refractivity contribution < 1.29 is 14.6 Å². The van der Waals surface area contributed by atoms with Gasteiger partial charge in [-0.3, -0.25) is 4.79 Å². The molecule has 2 saturated carbocycles. The van der Waals surface area contributed by atoms with Crippen molar-refractivity contribution in [2.45, 2.75) is 97.0 Å². The quantitative estimate of drug-likeness (QED) is 0.494. The second-order valence-electron chi connectivity index (χ2n) is 8.33. The Bertz CT molecular complexity index is 352. The number of aliphatic hydroxyl groups excluding tert-OH is 1. The Labute approximate surface area is 148 Å². The van der Waals surface area contributed by atoms with Gasteiger partial charge in [-0.15, -0.1) is 0 Å². The van der Waals surface area contributed by atoms with Crippen molar-refractivity contribution in [3.05, 3.63) is 0 Å². The van der Waals surface area contributed by atoms with Crippen molar-refractivity contribution >= 4 is 5.97 Å². The molecule has 0 bridgehead atoms. The van der Waals surface area contributed by atoms with Crippen LogP contribution in [0.2, 0.25) is 0 Å². The number of aliphatic hydroxyl groups is 1. The van der Waals surface area contributed by atoms with Crippen LogP contribution in [0.4, 0.5) is 0 Å². The Morgan fingerprint density at radius 3 is 2.12 bits per heavy atom. The summed E-state index contributed by atoms with van der Waals surface area (Å²) in [7, 11) is 0. The summed E-state index contributed by atoms with van der Waals surface area (Å²) in [6, 6.07) is 0. The minimum atomic E-state index is -0.384. The van der Waals surface area contributed by atoms with Crippen molar-refractivity contribution in [1.29, 1.82) is 0 Å². The van der Waals surface area contributed by atoms with E-state index < -0.39 is 0 Å². The minimum absolute atomic E-state index is 0.0909. The molecule has 1 atom stereocenters. The van der Waals surface area contributed by atoms with E-state index in [2.05, 4.69) is 6.92 Å². The van der Waals surface area contributed by atoms with Crippen molar-refractivity contribution in [1.82, 2.24) is 0 Å². The summed E-state index contributed by atoms with van der Waals surface area (Å²) in [5.41, 5.74) is 0. The predicted octanol–water partition coefficient (Wildman–Crippen LogP) is 5.10. The molecule has 3 nitrogen and oxygen atoms in total. The van der Waals surface area contributed by atoms with Gasteiger partial charge in [0.2, 0.25) is 0 Å². The first-order valence-electron chi connectivity index (χ1n) is 10.4. The summed E-state index contributed by atoms with van der Waals surface area (Å²) in [6.07, 6.45) is 15.9. The molecule has 0 aromatic heterocycles. The third-order valence-electron chi connectivity index (χ3n) is 6.45. The van der Waals surface area contributed by atoms with E-state index in [1.165, 1.54) is 64.2 Å². The molecule has 0 aromatic rings. The number of unbranched alkanes of at least 4 members (excludes halogenated alkanes) is 2. The molecule has 0 spiro atoms. The first kappa shape index (κ1) is 19.8. The Morgan fingerprint density at radius 2 is 1.58 bits per heavy atom. The maximum Gasteiger partial charge on any atom is 0.311 e. The maximum atomic E-state index is 11.8. The highest BCUT2D eigenvalue weighted by molar-refractivity contribution is 5.72. The Balaban J connectivity index is 1.64. The van der Waals surface area contributed by atoms with Crippen LogP contribution in [0.3, 0.4) is 0 Å². The zero-order chi connectivity index (χ0) is 17.4. The van der Waals surface area contributed by atoms with Gasteiger partial charge in [0.15, 0.2) is 0 Å². The number of carbonyl (C=O) groups is 1. The SMILES string of the molecule is CCCCCC1CCC(C2CCC(OC(=O)C(C)CO)CC2)CC1. The van der Waals surface area contributed by atoms with Gasteiger partial charge in [-0.1, -0.05) is 45.4 Å². The molecule has 1 unspecified atom stereocenters. The van der Waals surface area contributed by atoms with Crippen LogP contribution in [-0.4, -0.2) is 23.8 Å². The van der Waals surface area contributed by atoms with E-state index in [0.29, 0.717) is 0 Å². The van der Waals surface area contributed by atoms with Crippen LogP contribution in [0.1, 0.15) is 90.9 Å². The van der Waals surface area contributed by atoms with Crippen LogP contribution < -0.4 is 0 Å². The first-order chi connectivity index (χ1) is 11.6. The topological polar surface area (TPSA) is 46.5 Å². The van der Waals surface area contributed by atoms with Crippen molar-refractivity contribution in [2.75, 3.05) is 6.61 Å². The molecule has 2 aliphatic carbocycles. The smallest absolute Gasteiger partial charge is 0.311 e. The molecule has 140 valence electrons. The van der Waals surface area contributed by atoms with E-state index in [0.717, 1.165) is 30.6 Å². The van der Waals surface area contributed by atoms with Gasteiger partial charge >= 0.3 is 5.97 Å². The summed E-state index contributed by atoms with van der Waals surface area (Å²) in [6.45, 7) is 3.90. The van der Waals surface area contributed by atoms with Gasteiger partial charge in [0.1, 0.15) is 6.10 Å². The lowest BCUT2D eigenvalue weighted by Crippen LogP contribution is -2.31. The van der Waals surface area contributed by atoms with E-state index >= 15 is 0 Å². The summed E-state index contributed by atoms with van der Waals surface area (Å²) in [5.74, 6) is 2.15. The highest BCUT2D eigenvalue weighted by atomic mass is 16.5. The molecule has 1 N–H and O–H groups in total. The molecule has 0 aromatic carbocycles. The molecule has 2 rings (SSSR count). The Morgan fingerprint density at radius 1 is 1.00 bits per heavy atom. The van der Waals surface area contributed by atoms with Crippen LogP contribution in [0, 0.1) is 23.7 Å². The highest BCUT2D eigenvalue weighted by Gasteiger charge is 2.32. The number of rotatable bonds is 8. The predicted molar refractivity (Wildman–Crippen MR) is 97.7 cm³/mol. The van der Waals surface area contributed by atoms with E-state index in [4.69, 9.17) is 9.84 Å². The highest BCUT2D eigenvalue weighted by Crippen LogP contribution is 2.41. The van der Waals surface area contributed by atoms with E-state index in [1.54, 1.807) is 6.92 Å². The lowest BCUT2D eigenvalue weighted by Gasteiger charge is -2.37. The molecule has 2 fully saturated rings. The molecule has 0 aliphatic heterocycles. The van der Waals surface area contributed by atoms with Crippen molar-refractivity contribution in [3.8, 4) is 0 Å².